The number of nitrogens with one attached hydrogen (secondary N) is 1. The first kappa shape index (κ1) is 14.6. The number of benzene rings is 1. The SMILES string of the molecule is CN(C)C=CC(=O)C1=C(O)C=CN(c2ccc(F)cc2)N1. The number of hydrogen-bond donors (Lipinski definition) is 2. The van der Waals surface area contributed by atoms with E-state index in [0.717, 1.165) is 0 Å². The summed E-state index contributed by atoms with van der Waals surface area (Å²) in [5, 5.41) is 11.3. The normalized spacial score (nSPS) is 14.5. The number of carbonyl (C=O) groups excluding carboxylic acids is 1. The van der Waals surface area contributed by atoms with Crippen LogP contribution in [-0.4, -0.2) is 29.9 Å². The number of rotatable bonds is 4. The van der Waals surface area contributed by atoms with Crippen LogP contribution in [-0.2, 0) is 4.79 Å². The Labute approximate surface area is 122 Å². The van der Waals surface area contributed by atoms with Crippen molar-refractivity contribution in [2.75, 3.05) is 19.1 Å². The van der Waals surface area contributed by atoms with Gasteiger partial charge in [0.05, 0.1) is 5.69 Å². The third kappa shape index (κ3) is 3.62. The maximum absolute atomic E-state index is 12.9. The second-order valence-corrected chi connectivity index (χ2v) is 4.68. The van der Waals surface area contributed by atoms with Crippen LogP contribution < -0.4 is 10.4 Å². The number of nitrogens with zero attached hydrogens (tertiary/aromatic N) is 2. The van der Waals surface area contributed by atoms with Gasteiger partial charge in [-0.3, -0.25) is 15.2 Å². The predicted molar refractivity (Wildman–Crippen MR) is 78.6 cm³/mol. The zero-order valence-electron chi connectivity index (χ0n) is 11.7. The van der Waals surface area contributed by atoms with Gasteiger partial charge in [-0.1, -0.05) is 0 Å². The Hall–Kier alpha value is -2.76. The molecule has 0 radical (unpaired) electrons. The molecule has 0 fully saturated rings. The van der Waals surface area contributed by atoms with Crippen LogP contribution in [0.3, 0.4) is 0 Å². The topological polar surface area (TPSA) is 55.8 Å². The van der Waals surface area contributed by atoms with Gasteiger partial charge in [-0.05, 0) is 24.3 Å². The first-order valence-electron chi connectivity index (χ1n) is 6.29. The summed E-state index contributed by atoms with van der Waals surface area (Å²) >= 11 is 0. The Balaban J connectivity index is 2.18. The number of aliphatic hydroxyl groups excluding tert-OH is 1. The van der Waals surface area contributed by atoms with E-state index in [1.807, 2.05) is 0 Å². The van der Waals surface area contributed by atoms with Gasteiger partial charge >= 0.3 is 0 Å². The number of carbonyl (C=O) groups is 1. The lowest BCUT2D eigenvalue weighted by molar-refractivity contribution is -0.111. The average molecular weight is 289 g/mol. The van der Waals surface area contributed by atoms with E-state index in [-0.39, 0.29) is 23.1 Å². The second-order valence-electron chi connectivity index (χ2n) is 4.68. The van der Waals surface area contributed by atoms with Crippen LogP contribution in [0.2, 0.25) is 0 Å². The summed E-state index contributed by atoms with van der Waals surface area (Å²) in [6, 6.07) is 5.76. The van der Waals surface area contributed by atoms with Gasteiger partial charge in [0.15, 0.2) is 0 Å². The number of aliphatic hydroxyl groups is 1. The summed E-state index contributed by atoms with van der Waals surface area (Å²) in [5.74, 6) is -0.859. The van der Waals surface area contributed by atoms with Crippen LogP contribution in [0.15, 0.2) is 60.3 Å². The lowest BCUT2D eigenvalue weighted by Gasteiger charge is -2.26. The van der Waals surface area contributed by atoms with Gasteiger partial charge < -0.3 is 10.0 Å². The molecule has 1 aromatic carbocycles. The first-order chi connectivity index (χ1) is 9.97. The predicted octanol–water partition coefficient (Wildman–Crippen LogP) is 2.08. The Morgan fingerprint density at radius 3 is 2.62 bits per heavy atom. The minimum Gasteiger partial charge on any atom is -0.506 e. The molecule has 0 amide bonds. The molecule has 21 heavy (non-hydrogen) atoms. The largest absolute Gasteiger partial charge is 0.506 e. The van der Waals surface area contributed by atoms with Crippen LogP contribution in [0.5, 0.6) is 0 Å². The van der Waals surface area contributed by atoms with E-state index in [2.05, 4.69) is 5.43 Å². The molecular formula is C15H16FN3O2. The van der Waals surface area contributed by atoms with Crippen LogP contribution >= 0.6 is 0 Å². The van der Waals surface area contributed by atoms with Crippen LogP contribution in [0.25, 0.3) is 0 Å². The first-order valence-corrected chi connectivity index (χ1v) is 6.29. The summed E-state index contributed by atoms with van der Waals surface area (Å²) in [6.07, 6.45) is 5.89. The van der Waals surface area contributed by atoms with E-state index < -0.39 is 0 Å². The number of ketones is 1. The fourth-order valence-electron chi connectivity index (χ4n) is 1.68. The standard InChI is InChI=1S/C15H16FN3O2/c1-18(2)9-7-13(20)15-14(21)8-10-19(17-15)12-5-3-11(16)4-6-12/h3-10,17,21H,1-2H3. The summed E-state index contributed by atoms with van der Waals surface area (Å²) < 4.78 is 12.9. The van der Waals surface area contributed by atoms with E-state index in [1.54, 1.807) is 43.5 Å². The summed E-state index contributed by atoms with van der Waals surface area (Å²) in [6.45, 7) is 0. The Morgan fingerprint density at radius 2 is 2.00 bits per heavy atom. The van der Waals surface area contributed by atoms with E-state index >= 15 is 0 Å². The Kier molecular flexibility index (Phi) is 4.27. The highest BCUT2D eigenvalue weighted by Crippen LogP contribution is 2.18. The van der Waals surface area contributed by atoms with Crippen molar-refractivity contribution in [1.82, 2.24) is 10.3 Å². The zero-order valence-corrected chi connectivity index (χ0v) is 11.7. The van der Waals surface area contributed by atoms with E-state index in [0.29, 0.717) is 5.69 Å². The van der Waals surface area contributed by atoms with Crippen molar-refractivity contribution < 1.29 is 14.3 Å². The molecule has 0 unspecified atom stereocenters. The molecule has 0 atom stereocenters. The minimum absolute atomic E-state index is 0.0555. The molecule has 1 heterocycles. The van der Waals surface area contributed by atoms with Gasteiger partial charge in [-0.2, -0.15) is 0 Å². The van der Waals surface area contributed by atoms with Gasteiger partial charge in [-0.25, -0.2) is 4.39 Å². The van der Waals surface area contributed by atoms with Crippen LogP contribution in [0.1, 0.15) is 0 Å². The summed E-state index contributed by atoms with van der Waals surface area (Å²) in [5.41, 5.74) is 3.49. The van der Waals surface area contributed by atoms with Gasteiger partial charge in [0, 0.05) is 38.6 Å². The van der Waals surface area contributed by atoms with Crippen molar-refractivity contribution in [3.63, 3.8) is 0 Å². The van der Waals surface area contributed by atoms with E-state index in [4.69, 9.17) is 0 Å². The van der Waals surface area contributed by atoms with Crippen molar-refractivity contribution in [2.24, 2.45) is 0 Å². The van der Waals surface area contributed by atoms with Crippen molar-refractivity contribution in [3.05, 3.63) is 66.1 Å². The highest BCUT2D eigenvalue weighted by molar-refractivity contribution is 6.04. The molecule has 0 aliphatic carbocycles. The quantitative estimate of drug-likeness (QED) is 0.831. The number of allylic oxidation sites excluding steroid dienone is 2. The third-order valence-corrected chi connectivity index (χ3v) is 2.75. The lowest BCUT2D eigenvalue weighted by Crippen LogP contribution is -2.38. The third-order valence-electron chi connectivity index (χ3n) is 2.75. The Morgan fingerprint density at radius 1 is 1.33 bits per heavy atom. The molecule has 1 aromatic rings. The van der Waals surface area contributed by atoms with Crippen LogP contribution in [0, 0.1) is 5.82 Å². The van der Waals surface area contributed by atoms with E-state index in [9.17, 15) is 14.3 Å². The molecule has 1 aliphatic heterocycles. The highest BCUT2D eigenvalue weighted by Gasteiger charge is 2.18. The van der Waals surface area contributed by atoms with Gasteiger partial charge in [0.2, 0.25) is 5.78 Å². The Bertz CT molecular complexity index is 618. The summed E-state index contributed by atoms with van der Waals surface area (Å²) in [7, 11) is 3.58. The monoisotopic (exact) mass is 289 g/mol. The summed E-state index contributed by atoms with van der Waals surface area (Å²) in [4.78, 5) is 13.7. The minimum atomic E-state index is -0.363. The number of hydrogen-bond acceptors (Lipinski definition) is 5. The molecule has 0 saturated carbocycles. The number of hydrazine groups is 1. The van der Waals surface area contributed by atoms with Gasteiger partial charge in [0.1, 0.15) is 17.3 Å². The van der Waals surface area contributed by atoms with Crippen molar-refractivity contribution >= 4 is 11.5 Å². The maximum Gasteiger partial charge on any atom is 0.208 e. The number of halogens is 1. The molecule has 0 bridgehead atoms. The van der Waals surface area contributed by atoms with Crippen molar-refractivity contribution in [2.45, 2.75) is 0 Å². The molecule has 5 nitrogen and oxygen atoms in total. The van der Waals surface area contributed by atoms with Crippen molar-refractivity contribution in [3.8, 4) is 0 Å². The molecule has 0 saturated heterocycles. The smallest absolute Gasteiger partial charge is 0.208 e. The maximum atomic E-state index is 12.9. The van der Waals surface area contributed by atoms with Crippen LogP contribution in [0.4, 0.5) is 10.1 Å². The lowest BCUT2D eigenvalue weighted by atomic mass is 10.2. The van der Waals surface area contributed by atoms with Gasteiger partial charge in [-0.15, -0.1) is 0 Å². The molecular weight excluding hydrogens is 273 g/mol. The zero-order chi connectivity index (χ0) is 15.4. The molecule has 0 aromatic heterocycles. The molecule has 2 N–H and O–H groups in total. The molecule has 110 valence electrons. The average Bonchev–Trinajstić information content (AvgIpc) is 2.46. The molecule has 2 rings (SSSR count). The van der Waals surface area contributed by atoms with Crippen molar-refractivity contribution in [1.29, 1.82) is 0 Å². The van der Waals surface area contributed by atoms with Gasteiger partial charge in [0.25, 0.3) is 0 Å². The highest BCUT2D eigenvalue weighted by atomic mass is 19.1. The van der Waals surface area contributed by atoms with E-state index in [1.165, 1.54) is 29.3 Å². The molecule has 1 aliphatic rings. The molecule has 0 spiro atoms. The fourth-order valence-corrected chi connectivity index (χ4v) is 1.68. The molecule has 6 heteroatoms. The number of anilines is 1. The second kappa shape index (κ2) is 6.13. The fraction of sp³-hybridized carbons (Fsp3) is 0.133.